The minimum absolute atomic E-state index is 0.489. The molecule has 0 fully saturated rings. The Hall–Kier alpha value is -1.12. The van der Waals surface area contributed by atoms with Gasteiger partial charge in [0.05, 0.1) is 10.0 Å². The Balaban J connectivity index is 2.36. The Morgan fingerprint density at radius 1 is 1.07 bits per heavy atom. The highest BCUT2D eigenvalue weighted by molar-refractivity contribution is 6.37. The van der Waals surface area contributed by atoms with E-state index in [1.807, 2.05) is 29.9 Å². The maximum Gasteiger partial charge on any atom is 0.199 e. The summed E-state index contributed by atoms with van der Waals surface area (Å²) in [5.41, 5.74) is 0. The number of halogens is 2. The van der Waals surface area contributed by atoms with E-state index in [0.29, 0.717) is 21.7 Å². The highest BCUT2D eigenvalue weighted by atomic mass is 35.5. The average Bonchev–Trinajstić information content (AvgIpc) is 2.58. The molecule has 2 nitrogen and oxygen atoms in total. The van der Waals surface area contributed by atoms with Crippen LogP contribution in [0.1, 0.15) is 0 Å². The van der Waals surface area contributed by atoms with Gasteiger partial charge >= 0.3 is 0 Å². The number of aromatic nitrogens is 1. The molecule has 0 atom stereocenters. The van der Waals surface area contributed by atoms with Gasteiger partial charge in [-0.3, -0.25) is 0 Å². The zero-order chi connectivity index (χ0) is 10.8. The van der Waals surface area contributed by atoms with E-state index in [2.05, 4.69) is 0 Å². The molecular weight excluding hydrogens is 233 g/mol. The molecule has 0 radical (unpaired) electrons. The van der Waals surface area contributed by atoms with Gasteiger partial charge in [-0.1, -0.05) is 29.3 Å². The fraction of sp³-hybridized carbons (Fsp3) is 0.0909. The smallest absolute Gasteiger partial charge is 0.199 e. The lowest BCUT2D eigenvalue weighted by atomic mass is 10.3. The molecule has 0 saturated heterocycles. The molecule has 0 bridgehead atoms. The Morgan fingerprint density at radius 3 is 2.27 bits per heavy atom. The van der Waals surface area contributed by atoms with Crippen molar-refractivity contribution < 1.29 is 4.74 Å². The number of rotatable bonds is 2. The van der Waals surface area contributed by atoms with Gasteiger partial charge in [0.25, 0.3) is 0 Å². The van der Waals surface area contributed by atoms with Gasteiger partial charge in [0.15, 0.2) is 11.6 Å². The largest absolute Gasteiger partial charge is 0.438 e. The van der Waals surface area contributed by atoms with Crippen molar-refractivity contribution in [2.45, 2.75) is 0 Å². The molecule has 0 amide bonds. The molecular formula is C11H9Cl2NO. The quantitative estimate of drug-likeness (QED) is 0.772. The molecule has 0 aliphatic heterocycles. The van der Waals surface area contributed by atoms with E-state index in [-0.39, 0.29) is 0 Å². The number of ether oxygens (including phenoxy) is 1. The topological polar surface area (TPSA) is 14.2 Å². The Morgan fingerprint density at radius 2 is 1.73 bits per heavy atom. The van der Waals surface area contributed by atoms with Crippen LogP contribution in [0.25, 0.3) is 0 Å². The summed E-state index contributed by atoms with van der Waals surface area (Å²) in [6, 6.07) is 9.00. The summed E-state index contributed by atoms with van der Waals surface area (Å²) in [6.45, 7) is 0. The summed E-state index contributed by atoms with van der Waals surface area (Å²) in [4.78, 5) is 0. The number of hydrogen-bond acceptors (Lipinski definition) is 1. The van der Waals surface area contributed by atoms with Crippen LogP contribution in [0.4, 0.5) is 0 Å². The van der Waals surface area contributed by atoms with Crippen LogP contribution in [0.2, 0.25) is 10.0 Å². The van der Waals surface area contributed by atoms with Crippen LogP contribution in [0.3, 0.4) is 0 Å². The van der Waals surface area contributed by atoms with Gasteiger partial charge in [-0.25, -0.2) is 0 Å². The minimum atomic E-state index is 0.489. The van der Waals surface area contributed by atoms with Crippen molar-refractivity contribution in [1.82, 2.24) is 4.57 Å². The molecule has 1 aromatic heterocycles. The second kappa shape index (κ2) is 4.17. The lowest BCUT2D eigenvalue weighted by Gasteiger charge is -2.09. The summed E-state index contributed by atoms with van der Waals surface area (Å²) >= 11 is 12.0. The third-order valence-corrected chi connectivity index (χ3v) is 2.62. The number of nitrogens with zero attached hydrogens (tertiary/aromatic N) is 1. The summed E-state index contributed by atoms with van der Waals surface area (Å²) in [7, 11) is 1.89. The molecule has 0 spiro atoms. The van der Waals surface area contributed by atoms with Gasteiger partial charge in [-0.15, -0.1) is 0 Å². The molecule has 4 heteroatoms. The standard InChI is InChI=1S/C11H9Cl2NO/c1-14-7-3-6-10(14)15-11-8(12)4-2-5-9(11)13/h2-7H,1H3. The predicted molar refractivity (Wildman–Crippen MR) is 61.9 cm³/mol. The normalized spacial score (nSPS) is 10.3. The number of hydrogen-bond donors (Lipinski definition) is 0. The molecule has 78 valence electrons. The third-order valence-electron chi connectivity index (χ3n) is 2.02. The Bertz CT molecular complexity index is 459. The van der Waals surface area contributed by atoms with Crippen molar-refractivity contribution in [2.24, 2.45) is 7.05 Å². The fourth-order valence-electron chi connectivity index (χ4n) is 1.24. The molecule has 0 saturated carbocycles. The number of benzene rings is 1. The highest BCUT2D eigenvalue weighted by Crippen LogP contribution is 2.35. The monoisotopic (exact) mass is 241 g/mol. The van der Waals surface area contributed by atoms with Gasteiger partial charge < -0.3 is 9.30 Å². The van der Waals surface area contributed by atoms with Crippen molar-refractivity contribution in [3.8, 4) is 11.6 Å². The molecule has 15 heavy (non-hydrogen) atoms. The van der Waals surface area contributed by atoms with Crippen molar-refractivity contribution in [1.29, 1.82) is 0 Å². The van der Waals surface area contributed by atoms with Crippen LogP contribution in [-0.4, -0.2) is 4.57 Å². The highest BCUT2D eigenvalue weighted by Gasteiger charge is 2.08. The van der Waals surface area contributed by atoms with Gasteiger partial charge in [0, 0.05) is 19.3 Å². The summed E-state index contributed by atoms with van der Waals surface area (Å²) < 4.78 is 7.46. The van der Waals surface area contributed by atoms with E-state index >= 15 is 0 Å². The first-order chi connectivity index (χ1) is 7.18. The van der Waals surface area contributed by atoms with E-state index < -0.39 is 0 Å². The van der Waals surface area contributed by atoms with Gasteiger partial charge in [0.2, 0.25) is 0 Å². The number of aryl methyl sites for hydroxylation is 1. The van der Waals surface area contributed by atoms with Gasteiger partial charge in [-0.2, -0.15) is 0 Å². The lowest BCUT2D eigenvalue weighted by molar-refractivity contribution is 0.443. The molecule has 0 N–H and O–H groups in total. The summed E-state index contributed by atoms with van der Waals surface area (Å²) in [6.07, 6.45) is 1.89. The molecule has 0 aliphatic rings. The van der Waals surface area contributed by atoms with Gasteiger partial charge in [0.1, 0.15) is 0 Å². The SMILES string of the molecule is Cn1cccc1Oc1c(Cl)cccc1Cl. The first-order valence-corrected chi connectivity index (χ1v) is 5.17. The van der Waals surface area contributed by atoms with Crippen molar-refractivity contribution in [2.75, 3.05) is 0 Å². The molecule has 2 rings (SSSR count). The first kappa shape index (κ1) is 10.4. The maximum absolute atomic E-state index is 5.98. The van der Waals surface area contributed by atoms with E-state index in [1.54, 1.807) is 18.2 Å². The second-order valence-corrected chi connectivity index (χ2v) is 3.92. The predicted octanol–water partition coefficient (Wildman–Crippen LogP) is 4.12. The molecule has 0 unspecified atom stereocenters. The van der Waals surface area contributed by atoms with Crippen LogP contribution in [0.5, 0.6) is 11.6 Å². The van der Waals surface area contributed by atoms with Crippen LogP contribution in [-0.2, 0) is 7.05 Å². The zero-order valence-corrected chi connectivity index (χ0v) is 9.59. The Kier molecular flexibility index (Phi) is 2.89. The average molecular weight is 242 g/mol. The van der Waals surface area contributed by atoms with E-state index in [4.69, 9.17) is 27.9 Å². The lowest BCUT2D eigenvalue weighted by Crippen LogP contribution is -1.92. The van der Waals surface area contributed by atoms with E-state index in [1.165, 1.54) is 0 Å². The molecule has 1 aromatic carbocycles. The summed E-state index contributed by atoms with van der Waals surface area (Å²) in [5.74, 6) is 1.19. The fourth-order valence-corrected chi connectivity index (χ4v) is 1.71. The van der Waals surface area contributed by atoms with Crippen LogP contribution >= 0.6 is 23.2 Å². The first-order valence-electron chi connectivity index (χ1n) is 4.41. The zero-order valence-electron chi connectivity index (χ0n) is 8.08. The van der Waals surface area contributed by atoms with Crippen LogP contribution in [0, 0.1) is 0 Å². The third kappa shape index (κ3) is 2.11. The van der Waals surface area contributed by atoms with Crippen LogP contribution in [0.15, 0.2) is 36.5 Å². The second-order valence-electron chi connectivity index (χ2n) is 3.11. The van der Waals surface area contributed by atoms with Crippen molar-refractivity contribution >= 4 is 23.2 Å². The van der Waals surface area contributed by atoms with Crippen molar-refractivity contribution in [3.05, 3.63) is 46.6 Å². The van der Waals surface area contributed by atoms with Crippen molar-refractivity contribution in [3.63, 3.8) is 0 Å². The Labute approximate surface area is 98.0 Å². The van der Waals surface area contributed by atoms with E-state index in [9.17, 15) is 0 Å². The van der Waals surface area contributed by atoms with Gasteiger partial charge in [-0.05, 0) is 18.2 Å². The maximum atomic E-state index is 5.98. The summed E-state index contributed by atoms with van der Waals surface area (Å²) in [5, 5.41) is 1.01. The number of para-hydroxylation sites is 1. The molecule has 2 aromatic rings. The minimum Gasteiger partial charge on any atom is -0.438 e. The molecule has 1 heterocycles. The molecule has 0 aliphatic carbocycles. The van der Waals surface area contributed by atoms with E-state index in [0.717, 1.165) is 0 Å². The van der Waals surface area contributed by atoms with Crippen LogP contribution < -0.4 is 4.74 Å².